The van der Waals surface area contributed by atoms with Crippen LogP contribution in [0.25, 0.3) is 0 Å². The van der Waals surface area contributed by atoms with Gasteiger partial charge in [-0.3, -0.25) is 9.11 Å². The number of nitrogens with zero attached hydrogens (tertiary/aromatic N) is 1. The van der Waals surface area contributed by atoms with Crippen molar-refractivity contribution in [3.05, 3.63) is 35.9 Å². The number of rotatable bonds is 5. The minimum absolute atomic E-state index is 0.243. The van der Waals surface area contributed by atoms with Gasteiger partial charge in [0.25, 0.3) is 0 Å². The van der Waals surface area contributed by atoms with Gasteiger partial charge in [-0.2, -0.15) is 0 Å². The molecule has 1 aromatic carbocycles. The molecule has 0 aliphatic carbocycles. The third-order valence-corrected chi connectivity index (χ3v) is 5.45. The zero-order valence-electron chi connectivity index (χ0n) is 12.7. The van der Waals surface area contributed by atoms with E-state index in [9.17, 15) is 4.21 Å². The highest BCUT2D eigenvalue weighted by Crippen LogP contribution is 2.13. The van der Waals surface area contributed by atoms with E-state index in [1.807, 2.05) is 0 Å². The van der Waals surface area contributed by atoms with Gasteiger partial charge in [0, 0.05) is 54.0 Å². The SMILES string of the molecule is CC1CNC(Cc2ccccc2)CN1CC(C)S(C)=O. The van der Waals surface area contributed by atoms with Gasteiger partial charge in [-0.15, -0.1) is 0 Å². The molecular weight excluding hydrogens is 268 g/mol. The van der Waals surface area contributed by atoms with Crippen molar-refractivity contribution in [2.75, 3.05) is 25.9 Å². The lowest BCUT2D eigenvalue weighted by atomic mass is 10.0. The molecule has 1 aromatic rings. The highest BCUT2D eigenvalue weighted by atomic mass is 32.2. The van der Waals surface area contributed by atoms with Crippen LogP contribution in [-0.4, -0.2) is 52.3 Å². The van der Waals surface area contributed by atoms with Gasteiger partial charge in [-0.05, 0) is 25.8 Å². The van der Waals surface area contributed by atoms with E-state index >= 15 is 0 Å². The average molecular weight is 294 g/mol. The van der Waals surface area contributed by atoms with Crippen molar-refractivity contribution in [3.63, 3.8) is 0 Å². The molecule has 2 rings (SSSR count). The van der Waals surface area contributed by atoms with Crippen LogP contribution >= 0.6 is 0 Å². The smallest absolute Gasteiger partial charge is 0.0444 e. The van der Waals surface area contributed by atoms with E-state index in [0.29, 0.717) is 12.1 Å². The Bertz CT molecular complexity index is 437. The molecule has 4 atom stereocenters. The molecule has 20 heavy (non-hydrogen) atoms. The summed E-state index contributed by atoms with van der Waals surface area (Å²) in [6.45, 7) is 7.31. The van der Waals surface area contributed by atoms with Crippen LogP contribution in [0.15, 0.2) is 30.3 Å². The summed E-state index contributed by atoms with van der Waals surface area (Å²) in [5, 5.41) is 3.88. The van der Waals surface area contributed by atoms with Crippen molar-refractivity contribution in [2.24, 2.45) is 0 Å². The molecule has 4 heteroatoms. The number of piperazine rings is 1. The molecule has 1 saturated heterocycles. The molecule has 112 valence electrons. The van der Waals surface area contributed by atoms with Crippen molar-refractivity contribution in [1.82, 2.24) is 10.2 Å². The van der Waals surface area contributed by atoms with E-state index in [0.717, 1.165) is 26.1 Å². The van der Waals surface area contributed by atoms with Crippen molar-refractivity contribution in [3.8, 4) is 0 Å². The second-order valence-corrected chi connectivity index (χ2v) is 7.71. The molecule has 0 saturated carbocycles. The highest BCUT2D eigenvalue weighted by molar-refractivity contribution is 7.84. The van der Waals surface area contributed by atoms with Gasteiger partial charge >= 0.3 is 0 Å². The number of hydrogen-bond acceptors (Lipinski definition) is 3. The van der Waals surface area contributed by atoms with Crippen LogP contribution in [0.5, 0.6) is 0 Å². The first-order valence-electron chi connectivity index (χ1n) is 7.40. The molecule has 1 aliphatic rings. The summed E-state index contributed by atoms with van der Waals surface area (Å²) >= 11 is 0. The van der Waals surface area contributed by atoms with E-state index in [-0.39, 0.29) is 5.25 Å². The zero-order valence-corrected chi connectivity index (χ0v) is 13.5. The van der Waals surface area contributed by atoms with Gasteiger partial charge in [-0.25, -0.2) is 0 Å². The van der Waals surface area contributed by atoms with Crippen molar-refractivity contribution < 1.29 is 4.21 Å². The van der Waals surface area contributed by atoms with Crippen LogP contribution in [0, 0.1) is 0 Å². The van der Waals surface area contributed by atoms with Gasteiger partial charge in [0.15, 0.2) is 0 Å². The van der Waals surface area contributed by atoms with E-state index in [1.54, 1.807) is 6.26 Å². The van der Waals surface area contributed by atoms with Crippen LogP contribution in [0.2, 0.25) is 0 Å². The van der Waals surface area contributed by atoms with E-state index in [4.69, 9.17) is 0 Å². The fraction of sp³-hybridized carbons (Fsp3) is 0.625. The number of benzene rings is 1. The van der Waals surface area contributed by atoms with E-state index in [1.165, 1.54) is 5.56 Å². The predicted octanol–water partition coefficient (Wildman–Crippen LogP) is 1.66. The Hall–Kier alpha value is -0.710. The van der Waals surface area contributed by atoms with Crippen LogP contribution < -0.4 is 5.32 Å². The van der Waals surface area contributed by atoms with Crippen molar-refractivity contribution >= 4 is 10.8 Å². The molecule has 0 amide bonds. The van der Waals surface area contributed by atoms with Crippen LogP contribution in [0.1, 0.15) is 19.4 Å². The lowest BCUT2D eigenvalue weighted by molar-refractivity contribution is 0.142. The van der Waals surface area contributed by atoms with Crippen LogP contribution in [0.4, 0.5) is 0 Å². The molecule has 3 nitrogen and oxygen atoms in total. The Kier molecular flexibility index (Phi) is 5.75. The summed E-state index contributed by atoms with van der Waals surface area (Å²) in [6.07, 6.45) is 2.87. The normalized spacial score (nSPS) is 27.1. The fourth-order valence-electron chi connectivity index (χ4n) is 2.72. The molecule has 1 heterocycles. The molecule has 0 aromatic heterocycles. The quantitative estimate of drug-likeness (QED) is 0.896. The predicted molar refractivity (Wildman–Crippen MR) is 86.5 cm³/mol. The number of hydrogen-bond donors (Lipinski definition) is 1. The van der Waals surface area contributed by atoms with Crippen molar-refractivity contribution in [1.29, 1.82) is 0 Å². The third-order valence-electron chi connectivity index (χ3n) is 4.16. The minimum Gasteiger partial charge on any atom is -0.311 e. The highest BCUT2D eigenvalue weighted by Gasteiger charge is 2.26. The van der Waals surface area contributed by atoms with E-state index < -0.39 is 10.8 Å². The Balaban J connectivity index is 1.92. The lowest BCUT2D eigenvalue weighted by Gasteiger charge is -2.40. The summed E-state index contributed by atoms with van der Waals surface area (Å²) in [5.41, 5.74) is 1.38. The lowest BCUT2D eigenvalue weighted by Crippen LogP contribution is -2.57. The topological polar surface area (TPSA) is 32.3 Å². The Morgan fingerprint density at radius 3 is 2.75 bits per heavy atom. The van der Waals surface area contributed by atoms with Gasteiger partial charge in [0.05, 0.1) is 0 Å². The third kappa shape index (κ3) is 4.40. The second kappa shape index (κ2) is 7.34. The maximum Gasteiger partial charge on any atom is 0.0444 e. The fourth-order valence-corrected chi connectivity index (χ4v) is 3.12. The van der Waals surface area contributed by atoms with Crippen LogP contribution in [0.3, 0.4) is 0 Å². The number of nitrogens with one attached hydrogen (secondary N) is 1. The molecule has 0 spiro atoms. The molecule has 0 bridgehead atoms. The largest absolute Gasteiger partial charge is 0.311 e. The Labute approximate surface area is 125 Å². The summed E-state index contributed by atoms with van der Waals surface area (Å²) in [5.74, 6) is 0. The van der Waals surface area contributed by atoms with Gasteiger partial charge < -0.3 is 5.32 Å². The maximum atomic E-state index is 11.6. The minimum atomic E-state index is -0.738. The summed E-state index contributed by atoms with van der Waals surface area (Å²) < 4.78 is 11.6. The molecule has 1 aliphatic heterocycles. The Morgan fingerprint density at radius 1 is 1.40 bits per heavy atom. The zero-order chi connectivity index (χ0) is 14.5. The summed E-state index contributed by atoms with van der Waals surface area (Å²) in [6, 6.07) is 11.6. The monoisotopic (exact) mass is 294 g/mol. The van der Waals surface area contributed by atoms with Gasteiger partial charge in [0.1, 0.15) is 0 Å². The van der Waals surface area contributed by atoms with Gasteiger partial charge in [0.2, 0.25) is 0 Å². The molecule has 1 N–H and O–H groups in total. The standard InChI is InChI=1S/C16H26N2OS/c1-13-10-17-16(9-15-7-5-4-6-8-15)12-18(13)11-14(2)20(3)19/h4-8,13-14,16-17H,9-12H2,1-3H3. The first-order valence-corrected chi connectivity index (χ1v) is 9.02. The maximum absolute atomic E-state index is 11.6. The van der Waals surface area contributed by atoms with Crippen LogP contribution in [-0.2, 0) is 17.2 Å². The second-order valence-electron chi connectivity index (χ2n) is 5.91. The molecule has 0 radical (unpaired) electrons. The van der Waals surface area contributed by atoms with Gasteiger partial charge in [-0.1, -0.05) is 30.3 Å². The molecular formula is C16H26N2OS. The summed E-state index contributed by atoms with van der Waals surface area (Å²) in [7, 11) is -0.738. The molecule has 1 fully saturated rings. The Morgan fingerprint density at radius 2 is 2.10 bits per heavy atom. The van der Waals surface area contributed by atoms with E-state index in [2.05, 4.69) is 54.4 Å². The summed E-state index contributed by atoms with van der Waals surface area (Å²) in [4.78, 5) is 2.48. The first-order chi connectivity index (χ1) is 9.56. The van der Waals surface area contributed by atoms with Crippen molar-refractivity contribution in [2.45, 2.75) is 37.6 Å². The first kappa shape index (κ1) is 15.7. The average Bonchev–Trinajstić information content (AvgIpc) is 2.43. The molecule has 4 unspecified atom stereocenters.